The molecule has 9 heteroatoms. The molecule has 138 valence electrons. The monoisotopic (exact) mass is 399 g/mol. The fourth-order valence-electron chi connectivity index (χ4n) is 3.23. The van der Waals surface area contributed by atoms with E-state index in [2.05, 4.69) is 5.32 Å². The van der Waals surface area contributed by atoms with E-state index < -0.39 is 28.7 Å². The summed E-state index contributed by atoms with van der Waals surface area (Å²) in [5, 5.41) is 11.7. The van der Waals surface area contributed by atoms with Crippen molar-refractivity contribution in [1.82, 2.24) is 10.2 Å². The van der Waals surface area contributed by atoms with Gasteiger partial charge in [0.25, 0.3) is 0 Å². The molecule has 3 atom stereocenters. The first-order valence-electron chi connectivity index (χ1n) is 8.10. The fourth-order valence-corrected chi connectivity index (χ4v) is 4.86. The van der Waals surface area contributed by atoms with Gasteiger partial charge in [-0.3, -0.25) is 9.59 Å². The van der Waals surface area contributed by atoms with Crippen LogP contribution in [0.15, 0.2) is 30.3 Å². The summed E-state index contributed by atoms with van der Waals surface area (Å²) in [5.74, 6) is -1.05. The number of nitrogens with zero attached hydrogens (tertiary/aromatic N) is 1. The summed E-state index contributed by atoms with van der Waals surface area (Å²) in [6, 6.07) is 5.62. The van der Waals surface area contributed by atoms with E-state index in [1.54, 1.807) is 39.2 Å². The molecule has 2 heterocycles. The minimum absolute atomic E-state index is 0. The van der Waals surface area contributed by atoms with Gasteiger partial charge in [0, 0.05) is 10.8 Å². The van der Waals surface area contributed by atoms with Gasteiger partial charge in [-0.2, -0.15) is 0 Å². The van der Waals surface area contributed by atoms with E-state index in [0.717, 1.165) is 11.3 Å². The number of amides is 2. The predicted octanol–water partition coefficient (Wildman–Crippen LogP) is -1.66. The minimum Gasteiger partial charge on any atom is -0.497 e. The van der Waals surface area contributed by atoms with Crippen molar-refractivity contribution in [2.45, 2.75) is 36.1 Å². The number of carbonyl (C=O) groups excluding carboxylic acids is 2. The van der Waals surface area contributed by atoms with Gasteiger partial charge in [0.2, 0.25) is 11.8 Å². The zero-order valence-electron chi connectivity index (χ0n) is 15.6. The van der Waals surface area contributed by atoms with Gasteiger partial charge in [-0.15, -0.1) is 11.8 Å². The molecule has 2 N–H and O–H groups in total. The SMILES string of the molecule is COc1ccc(/C=C/C(=O)N[C@@H]2C(=O)N3[C@@H]2SC(C)(C)[C@@H]3C(=O)O)cc1.[Na+]. The Labute approximate surface area is 183 Å². The van der Waals surface area contributed by atoms with Crippen molar-refractivity contribution in [3.05, 3.63) is 35.9 Å². The second-order valence-corrected chi connectivity index (χ2v) is 8.46. The standard InChI is InChI=1S/C18H20N2O5S.Na/c1-18(2)14(17(23)24)20-15(22)13(16(20)26-18)19-12(21)9-6-10-4-7-11(25-3)8-5-10;/h4-9,13-14,16H,1-3H3,(H,19,21)(H,23,24);/q;+1/b9-6+;/t13-,14+,16-;/m1./s1. The summed E-state index contributed by atoms with van der Waals surface area (Å²) < 4.78 is 4.47. The third-order valence-corrected chi connectivity index (χ3v) is 6.09. The molecule has 2 amide bonds. The maximum atomic E-state index is 12.3. The van der Waals surface area contributed by atoms with E-state index in [1.165, 1.54) is 22.7 Å². The smallest absolute Gasteiger partial charge is 0.497 e. The number of carboxylic acid groups (broad SMARTS) is 1. The third-order valence-electron chi connectivity index (χ3n) is 4.52. The first kappa shape index (κ1) is 21.8. The Kier molecular flexibility index (Phi) is 6.68. The number of ether oxygens (including phenoxy) is 1. The molecule has 1 aromatic rings. The number of aliphatic carboxylic acids is 1. The summed E-state index contributed by atoms with van der Waals surface area (Å²) in [6.07, 6.45) is 3.00. The summed E-state index contributed by atoms with van der Waals surface area (Å²) in [6.45, 7) is 3.59. The molecule has 27 heavy (non-hydrogen) atoms. The Morgan fingerprint density at radius 2 is 1.93 bits per heavy atom. The van der Waals surface area contributed by atoms with Crippen molar-refractivity contribution in [2.75, 3.05) is 7.11 Å². The molecule has 0 aromatic heterocycles. The number of carbonyl (C=O) groups is 3. The molecule has 3 rings (SSSR count). The molecule has 2 saturated heterocycles. The van der Waals surface area contributed by atoms with Crippen LogP contribution in [0.3, 0.4) is 0 Å². The Morgan fingerprint density at radius 3 is 2.48 bits per heavy atom. The van der Waals surface area contributed by atoms with E-state index in [0.29, 0.717) is 0 Å². The molecule has 7 nitrogen and oxygen atoms in total. The minimum atomic E-state index is -1.03. The van der Waals surface area contributed by atoms with Crippen molar-refractivity contribution in [3.8, 4) is 5.75 Å². The number of benzene rings is 1. The molecular formula is C18H20N2NaO5S+. The van der Waals surface area contributed by atoms with Crippen LogP contribution >= 0.6 is 11.8 Å². The van der Waals surface area contributed by atoms with Crippen LogP contribution in [0.5, 0.6) is 5.75 Å². The molecule has 0 radical (unpaired) electrons. The van der Waals surface area contributed by atoms with Crippen LogP contribution in [-0.4, -0.2) is 57.1 Å². The molecule has 1 aromatic carbocycles. The van der Waals surface area contributed by atoms with Crippen LogP contribution in [0, 0.1) is 0 Å². The fraction of sp³-hybridized carbons (Fsp3) is 0.389. The van der Waals surface area contributed by atoms with Crippen LogP contribution < -0.4 is 39.6 Å². The second kappa shape index (κ2) is 8.26. The summed E-state index contributed by atoms with van der Waals surface area (Å²) >= 11 is 1.40. The third kappa shape index (κ3) is 4.18. The maximum Gasteiger partial charge on any atom is 1.00 e. The molecule has 2 aliphatic rings. The van der Waals surface area contributed by atoms with Crippen molar-refractivity contribution in [3.63, 3.8) is 0 Å². The Balaban J connectivity index is 0.00000261. The summed E-state index contributed by atoms with van der Waals surface area (Å²) in [4.78, 5) is 37.3. The van der Waals surface area contributed by atoms with E-state index in [4.69, 9.17) is 4.74 Å². The number of fused-ring (bicyclic) bond motifs is 1. The van der Waals surface area contributed by atoms with Gasteiger partial charge in [0.05, 0.1) is 7.11 Å². The number of carboxylic acids is 1. The number of methoxy groups -OCH3 is 1. The summed E-state index contributed by atoms with van der Waals surface area (Å²) in [7, 11) is 1.58. The first-order chi connectivity index (χ1) is 12.2. The van der Waals surface area contributed by atoms with Gasteiger partial charge < -0.3 is 20.1 Å². The van der Waals surface area contributed by atoms with Gasteiger partial charge >= 0.3 is 35.5 Å². The van der Waals surface area contributed by atoms with Crippen LogP contribution in [0.2, 0.25) is 0 Å². The average Bonchev–Trinajstić information content (AvgIpc) is 2.86. The molecule has 0 saturated carbocycles. The number of thioether (sulfide) groups is 1. The topological polar surface area (TPSA) is 95.9 Å². The number of β-lactam (4-membered cyclic amide) rings is 1. The van der Waals surface area contributed by atoms with E-state index in [1.807, 2.05) is 12.1 Å². The first-order valence-corrected chi connectivity index (χ1v) is 8.98. The Hall–Kier alpha value is -1.48. The van der Waals surface area contributed by atoms with Crippen LogP contribution in [0.4, 0.5) is 0 Å². The number of hydrogen-bond donors (Lipinski definition) is 2. The van der Waals surface area contributed by atoms with Gasteiger partial charge in [-0.1, -0.05) is 12.1 Å². The van der Waals surface area contributed by atoms with E-state index in [-0.39, 0.29) is 40.8 Å². The van der Waals surface area contributed by atoms with Crippen molar-refractivity contribution < 1.29 is 53.8 Å². The van der Waals surface area contributed by atoms with Crippen molar-refractivity contribution >= 4 is 35.6 Å². The van der Waals surface area contributed by atoms with Gasteiger partial charge in [0.15, 0.2) is 0 Å². The van der Waals surface area contributed by atoms with Crippen molar-refractivity contribution in [1.29, 1.82) is 0 Å². The van der Waals surface area contributed by atoms with Crippen LogP contribution in [0.1, 0.15) is 19.4 Å². The second-order valence-electron chi connectivity index (χ2n) is 6.69. The Morgan fingerprint density at radius 1 is 1.30 bits per heavy atom. The molecular weight excluding hydrogens is 379 g/mol. The number of nitrogens with one attached hydrogen (secondary N) is 1. The number of hydrogen-bond acceptors (Lipinski definition) is 5. The molecule has 2 fully saturated rings. The largest absolute Gasteiger partial charge is 1.00 e. The van der Waals surface area contributed by atoms with Gasteiger partial charge in [-0.25, -0.2) is 4.79 Å². The Bertz CT molecular complexity index is 780. The molecule has 0 aliphatic carbocycles. The van der Waals surface area contributed by atoms with Crippen molar-refractivity contribution in [2.24, 2.45) is 0 Å². The molecule has 0 spiro atoms. The van der Waals surface area contributed by atoms with E-state index >= 15 is 0 Å². The van der Waals surface area contributed by atoms with Gasteiger partial charge in [0.1, 0.15) is 23.2 Å². The molecule has 0 bridgehead atoms. The molecule has 2 aliphatic heterocycles. The number of rotatable bonds is 5. The average molecular weight is 399 g/mol. The van der Waals surface area contributed by atoms with Crippen LogP contribution in [0.25, 0.3) is 6.08 Å². The normalized spacial score (nSPS) is 25.4. The zero-order valence-corrected chi connectivity index (χ0v) is 18.4. The zero-order chi connectivity index (χ0) is 19.1. The predicted molar refractivity (Wildman–Crippen MR) is 97.7 cm³/mol. The maximum absolute atomic E-state index is 12.3. The van der Waals surface area contributed by atoms with E-state index in [9.17, 15) is 19.5 Å². The van der Waals surface area contributed by atoms with Crippen LogP contribution in [-0.2, 0) is 14.4 Å². The summed E-state index contributed by atoms with van der Waals surface area (Å²) in [5.41, 5.74) is 0.824. The van der Waals surface area contributed by atoms with Gasteiger partial charge in [-0.05, 0) is 37.6 Å². The molecule has 0 unspecified atom stereocenters. The quantitative estimate of drug-likeness (QED) is 0.350.